The molecule has 0 amide bonds. The van der Waals surface area contributed by atoms with E-state index in [0.717, 1.165) is 0 Å². The third kappa shape index (κ3) is 1.81. The van der Waals surface area contributed by atoms with E-state index in [-0.39, 0.29) is 29.3 Å². The van der Waals surface area contributed by atoms with Gasteiger partial charge in [0.25, 0.3) is 0 Å². The lowest BCUT2D eigenvalue weighted by molar-refractivity contribution is 0.103. The number of fused-ring (bicyclic) bond motifs is 2. The van der Waals surface area contributed by atoms with Crippen LogP contribution in [0.15, 0.2) is 0 Å². The van der Waals surface area contributed by atoms with E-state index in [1.807, 2.05) is 0 Å². The van der Waals surface area contributed by atoms with Crippen LogP contribution in [0.5, 0.6) is 0 Å². The van der Waals surface area contributed by atoms with Crippen molar-refractivity contribution in [1.29, 1.82) is 21.0 Å². The second-order valence-electron chi connectivity index (χ2n) is 4.42. The molecular formula is C15F2N4OS2. The molecule has 0 bridgehead atoms. The molecule has 0 fully saturated rings. The standard InChI is InChI=1S/C15F2N4OS2/c16-9-7-11(22)8-10(17)13(6(3-20)4-21)24-15(8)14(7)23-12(9)5(1-18)2-19. The summed E-state index contributed by atoms with van der Waals surface area (Å²) in [6.45, 7) is 0. The van der Waals surface area contributed by atoms with Gasteiger partial charge in [0.05, 0.1) is 29.3 Å². The maximum absolute atomic E-state index is 14.4. The predicted molar refractivity (Wildman–Crippen MR) is 78.2 cm³/mol. The fraction of sp³-hybridized carbons (Fsp3) is 0. The maximum atomic E-state index is 14.4. The second kappa shape index (κ2) is 5.37. The van der Waals surface area contributed by atoms with E-state index >= 15 is 0 Å². The lowest BCUT2D eigenvalue weighted by Crippen LogP contribution is -2.11. The van der Waals surface area contributed by atoms with Crippen LogP contribution in [0.1, 0.15) is 15.9 Å². The zero-order valence-corrected chi connectivity index (χ0v) is 12.9. The first-order valence-electron chi connectivity index (χ1n) is 6.04. The van der Waals surface area contributed by atoms with E-state index in [0.29, 0.717) is 22.7 Å². The van der Waals surface area contributed by atoms with Gasteiger partial charge < -0.3 is 0 Å². The molecule has 2 heterocycles. The van der Waals surface area contributed by atoms with Crippen molar-refractivity contribution in [1.82, 2.24) is 0 Å². The average molecular weight is 354 g/mol. The molecule has 24 heavy (non-hydrogen) atoms. The van der Waals surface area contributed by atoms with E-state index in [4.69, 9.17) is 21.0 Å². The molecule has 0 spiro atoms. The Kier molecular flexibility index (Phi) is 3.47. The number of hydrogen-bond donors (Lipinski definition) is 0. The monoisotopic (exact) mass is 354 g/mol. The van der Waals surface area contributed by atoms with Crippen molar-refractivity contribution < 1.29 is 13.6 Å². The fourth-order valence-electron chi connectivity index (χ4n) is 2.25. The molecule has 0 aromatic carbocycles. The second-order valence-corrected chi connectivity index (χ2v) is 6.47. The molecule has 112 valence electrons. The molecule has 2 aromatic heterocycles. The zero-order valence-electron chi connectivity index (χ0n) is 11.3. The molecule has 0 N–H and O–H groups in total. The Balaban J connectivity index is 2.66. The molecule has 0 unspecified atom stereocenters. The van der Waals surface area contributed by atoms with Crippen LogP contribution in [0.4, 0.5) is 8.78 Å². The minimum atomic E-state index is -1.03. The number of carbonyl (C=O) groups is 1. The third-order valence-corrected chi connectivity index (χ3v) is 5.79. The number of halogens is 2. The normalized spacial score (nSPS) is 10.8. The SMILES string of the molecule is N#CC(C#N)=c1sc2c(c1F)C(=O)c1c(F)c(=C(C#N)C#N)sc1=2. The van der Waals surface area contributed by atoms with Crippen LogP contribution in [0.2, 0.25) is 0 Å². The quantitative estimate of drug-likeness (QED) is 0.604. The van der Waals surface area contributed by atoms with Gasteiger partial charge in [0, 0.05) is 0 Å². The van der Waals surface area contributed by atoms with Gasteiger partial charge in [-0.3, -0.25) is 4.79 Å². The van der Waals surface area contributed by atoms with Gasteiger partial charge in [-0.15, -0.1) is 22.7 Å². The van der Waals surface area contributed by atoms with Crippen LogP contribution in [0.25, 0.3) is 11.1 Å². The van der Waals surface area contributed by atoms with Crippen LogP contribution >= 0.6 is 22.7 Å². The van der Waals surface area contributed by atoms with Gasteiger partial charge in [-0.2, -0.15) is 21.0 Å². The van der Waals surface area contributed by atoms with E-state index < -0.39 is 28.6 Å². The molecule has 2 aromatic rings. The number of rotatable bonds is 0. The van der Waals surface area contributed by atoms with Gasteiger partial charge in [-0.25, -0.2) is 8.78 Å². The molecule has 0 radical (unpaired) electrons. The fourth-order valence-corrected chi connectivity index (χ4v) is 4.63. The van der Waals surface area contributed by atoms with Gasteiger partial charge >= 0.3 is 0 Å². The lowest BCUT2D eigenvalue weighted by atomic mass is 10.1. The van der Waals surface area contributed by atoms with Crippen LogP contribution in [-0.4, -0.2) is 5.78 Å². The highest BCUT2D eigenvalue weighted by molar-refractivity contribution is 7.12. The average Bonchev–Trinajstić information content (AvgIpc) is 3.17. The topological polar surface area (TPSA) is 112 Å². The molecule has 9 heteroatoms. The summed E-state index contributed by atoms with van der Waals surface area (Å²) in [5.41, 5.74) is -1.75. The number of nitrogens with zero attached hydrogens (tertiary/aromatic N) is 4. The molecule has 1 aliphatic rings. The van der Waals surface area contributed by atoms with Crippen LogP contribution in [0, 0.1) is 66.0 Å². The Morgan fingerprint density at radius 1 is 0.750 bits per heavy atom. The van der Waals surface area contributed by atoms with Crippen LogP contribution in [-0.2, 0) is 0 Å². The molecule has 0 atom stereocenters. The van der Waals surface area contributed by atoms with E-state index in [9.17, 15) is 13.6 Å². The summed E-state index contributed by atoms with van der Waals surface area (Å²) in [5.74, 6) is -3.00. The van der Waals surface area contributed by atoms with Crippen molar-refractivity contribution in [3.8, 4) is 24.3 Å². The Morgan fingerprint density at radius 2 is 1.08 bits per heavy atom. The summed E-state index contributed by atoms with van der Waals surface area (Å²) in [6.07, 6.45) is 0. The zero-order chi connectivity index (χ0) is 17.6. The van der Waals surface area contributed by atoms with Gasteiger partial charge in [-0.1, -0.05) is 0 Å². The summed E-state index contributed by atoms with van der Waals surface area (Å²) in [6, 6.07) is 6.17. The van der Waals surface area contributed by atoms with Crippen molar-refractivity contribution in [3.63, 3.8) is 0 Å². The van der Waals surface area contributed by atoms with Crippen molar-refractivity contribution in [3.05, 3.63) is 40.9 Å². The Labute approximate surface area is 139 Å². The Hall–Kier alpha value is -3.37. The predicted octanol–water partition coefficient (Wildman–Crippen LogP) is 1.31. The summed E-state index contributed by atoms with van der Waals surface area (Å²) >= 11 is 1.38. The first-order valence-corrected chi connectivity index (χ1v) is 7.68. The lowest BCUT2D eigenvalue weighted by Gasteiger charge is -1.92. The van der Waals surface area contributed by atoms with Crippen molar-refractivity contribution in [2.75, 3.05) is 0 Å². The smallest absolute Gasteiger partial charge is 0.201 e. The molecule has 3 rings (SSSR count). The first kappa shape index (κ1) is 15.5. The molecule has 1 aliphatic carbocycles. The van der Waals surface area contributed by atoms with Crippen molar-refractivity contribution in [2.24, 2.45) is 0 Å². The largest absolute Gasteiger partial charge is 0.288 e. The molecule has 0 saturated carbocycles. The van der Waals surface area contributed by atoms with E-state index in [2.05, 4.69) is 0 Å². The molecule has 5 nitrogen and oxygen atoms in total. The number of carbonyl (C=O) groups excluding carboxylic acids is 1. The summed E-state index contributed by atoms with van der Waals surface area (Å²) in [7, 11) is 0. The van der Waals surface area contributed by atoms with Crippen LogP contribution in [0.3, 0.4) is 0 Å². The highest BCUT2D eigenvalue weighted by Gasteiger charge is 2.32. The number of ketones is 1. The summed E-state index contributed by atoms with van der Waals surface area (Å²) in [4.78, 5) is 12.3. The minimum Gasteiger partial charge on any atom is -0.288 e. The third-order valence-electron chi connectivity index (χ3n) is 3.26. The summed E-state index contributed by atoms with van der Waals surface area (Å²) in [5, 5.41) is 35.4. The van der Waals surface area contributed by atoms with Gasteiger partial charge in [0.1, 0.15) is 35.4 Å². The van der Waals surface area contributed by atoms with Gasteiger partial charge in [-0.05, 0) is 0 Å². The summed E-state index contributed by atoms with van der Waals surface area (Å²) < 4.78 is 28.4. The molecular weight excluding hydrogens is 354 g/mol. The number of hydrogen-bond acceptors (Lipinski definition) is 7. The maximum Gasteiger partial charge on any atom is 0.201 e. The molecule has 0 saturated heterocycles. The first-order chi connectivity index (χ1) is 11.5. The Bertz CT molecular complexity index is 1200. The van der Waals surface area contributed by atoms with Crippen molar-refractivity contribution >= 4 is 39.6 Å². The van der Waals surface area contributed by atoms with Gasteiger partial charge in [0.2, 0.25) is 5.78 Å². The van der Waals surface area contributed by atoms with E-state index in [1.54, 1.807) is 24.3 Å². The molecule has 0 aliphatic heterocycles. The number of nitriles is 4. The van der Waals surface area contributed by atoms with Gasteiger partial charge in [0.15, 0.2) is 11.6 Å². The minimum absolute atomic E-state index is 0.0934. The highest BCUT2D eigenvalue weighted by atomic mass is 32.1. The highest BCUT2D eigenvalue weighted by Crippen LogP contribution is 2.29. The van der Waals surface area contributed by atoms with Crippen LogP contribution < -0.4 is 9.06 Å². The number of thiophene rings is 2. The Morgan fingerprint density at radius 3 is 1.38 bits per heavy atom. The van der Waals surface area contributed by atoms with Crippen molar-refractivity contribution in [2.45, 2.75) is 0 Å². The van der Waals surface area contributed by atoms with E-state index in [1.165, 1.54) is 0 Å².